The van der Waals surface area contributed by atoms with E-state index in [0.717, 1.165) is 31.4 Å². The summed E-state index contributed by atoms with van der Waals surface area (Å²) in [6, 6.07) is 3.57. The van der Waals surface area contributed by atoms with E-state index in [0.29, 0.717) is 16.4 Å². The highest BCUT2D eigenvalue weighted by Gasteiger charge is 2.45. The maximum Gasteiger partial charge on any atom is 0.426 e. The molecule has 1 unspecified atom stereocenters. The fourth-order valence-electron chi connectivity index (χ4n) is 2.82. The van der Waals surface area contributed by atoms with Crippen molar-refractivity contribution < 1.29 is 45.2 Å². The normalized spacial score (nSPS) is 16.9. The molecule has 0 heterocycles. The van der Waals surface area contributed by atoms with Gasteiger partial charge >= 0.3 is 18.1 Å². The Labute approximate surface area is 178 Å². The second kappa shape index (κ2) is 9.60. The van der Waals surface area contributed by atoms with Gasteiger partial charge in [0.25, 0.3) is 10.1 Å². The predicted molar refractivity (Wildman–Crippen MR) is 103 cm³/mol. The molecule has 1 aromatic carbocycles. The fraction of sp³-hybridized carbons (Fsp3) is 0.529. The lowest BCUT2D eigenvalue weighted by atomic mass is 9.89. The van der Waals surface area contributed by atoms with E-state index in [1.165, 1.54) is 6.07 Å². The van der Waals surface area contributed by atoms with E-state index in [1.54, 1.807) is 0 Å². The maximum atomic E-state index is 12.9. The van der Waals surface area contributed by atoms with Crippen molar-refractivity contribution in [1.29, 1.82) is 0 Å². The van der Waals surface area contributed by atoms with E-state index >= 15 is 0 Å². The lowest BCUT2D eigenvalue weighted by Crippen LogP contribution is -2.39. The van der Waals surface area contributed by atoms with Gasteiger partial charge in [0.05, 0.1) is 15.1 Å². The summed E-state index contributed by atoms with van der Waals surface area (Å²) < 4.78 is 79.0. The van der Waals surface area contributed by atoms with Gasteiger partial charge in [0.15, 0.2) is 0 Å². The van der Waals surface area contributed by atoms with Gasteiger partial charge in [-0.2, -0.15) is 21.6 Å². The Morgan fingerprint density at radius 2 is 1.83 bits per heavy atom. The van der Waals surface area contributed by atoms with Crippen molar-refractivity contribution in [2.75, 3.05) is 5.75 Å². The van der Waals surface area contributed by atoms with Crippen LogP contribution in [0.25, 0.3) is 0 Å². The molecule has 7 nitrogen and oxygen atoms in total. The molecule has 2 rings (SSSR count). The zero-order valence-corrected chi connectivity index (χ0v) is 17.9. The van der Waals surface area contributed by atoms with Crippen LogP contribution in [-0.2, 0) is 19.6 Å². The first-order valence-corrected chi connectivity index (χ1v) is 11.3. The summed E-state index contributed by atoms with van der Waals surface area (Å²) in [5.74, 6) is -4.06. The highest BCUT2D eigenvalue weighted by Crippen LogP contribution is 2.29. The number of carbonyl (C=O) groups is 2. The van der Waals surface area contributed by atoms with Crippen molar-refractivity contribution >= 4 is 44.6 Å². The zero-order chi connectivity index (χ0) is 21.8. The Kier molecular flexibility index (Phi) is 7.90. The fourth-order valence-corrected chi connectivity index (χ4v) is 3.91. The van der Waals surface area contributed by atoms with Crippen LogP contribution in [0.1, 0.15) is 42.5 Å². The molecular formula is C17H18F3IO7S. The molecule has 162 valence electrons. The number of ether oxygens (including phenoxy) is 2. The minimum Gasteiger partial charge on any atom is -0.448 e. The average molecular weight is 550 g/mol. The second-order valence-electron chi connectivity index (χ2n) is 6.59. The summed E-state index contributed by atoms with van der Waals surface area (Å²) in [6.45, 7) is 0. The Morgan fingerprint density at radius 3 is 2.38 bits per heavy atom. The molecule has 29 heavy (non-hydrogen) atoms. The molecule has 1 N–H and O–H groups in total. The molecule has 1 aliphatic carbocycles. The van der Waals surface area contributed by atoms with Crippen molar-refractivity contribution in [3.8, 4) is 5.75 Å². The largest absolute Gasteiger partial charge is 0.448 e. The van der Waals surface area contributed by atoms with Crippen LogP contribution in [0, 0.1) is 9.49 Å². The predicted octanol–water partition coefficient (Wildman–Crippen LogP) is 3.75. The van der Waals surface area contributed by atoms with Crippen LogP contribution in [0.15, 0.2) is 18.2 Å². The number of carbonyl (C=O) groups excluding carboxylic acids is 2. The number of rotatable bonds is 6. The number of halogens is 4. The minimum absolute atomic E-state index is 0.00559. The second-order valence-corrected chi connectivity index (χ2v) is 9.24. The first-order valence-electron chi connectivity index (χ1n) is 8.61. The third kappa shape index (κ3) is 7.41. The molecule has 0 bridgehead atoms. The van der Waals surface area contributed by atoms with Crippen LogP contribution in [0.5, 0.6) is 5.75 Å². The minimum atomic E-state index is -5.20. The van der Waals surface area contributed by atoms with Crippen LogP contribution in [0.2, 0.25) is 0 Å². The van der Waals surface area contributed by atoms with Crippen molar-refractivity contribution in [3.05, 3.63) is 27.3 Å². The summed E-state index contributed by atoms with van der Waals surface area (Å²) in [6.07, 6.45) is -4.05. The van der Waals surface area contributed by atoms with E-state index in [9.17, 15) is 31.2 Å². The number of hydrogen-bond donors (Lipinski definition) is 1. The van der Waals surface area contributed by atoms with E-state index < -0.39 is 40.1 Å². The number of benzene rings is 1. The van der Waals surface area contributed by atoms with Gasteiger partial charge in [-0.05, 0) is 53.6 Å². The summed E-state index contributed by atoms with van der Waals surface area (Å²) in [5.41, 5.74) is -0.360. The highest BCUT2D eigenvalue weighted by molar-refractivity contribution is 14.1. The van der Waals surface area contributed by atoms with Crippen LogP contribution < -0.4 is 4.74 Å². The van der Waals surface area contributed by atoms with Gasteiger partial charge < -0.3 is 9.47 Å². The zero-order valence-electron chi connectivity index (χ0n) is 14.9. The SMILES string of the molecule is O=C(OC(CS(=O)(=O)O)C(F)(F)F)c1ccc(I)c(OC(=O)C2CCCCC2)c1. The maximum absolute atomic E-state index is 12.9. The molecular weight excluding hydrogens is 532 g/mol. The van der Waals surface area contributed by atoms with Crippen molar-refractivity contribution in [2.24, 2.45) is 5.92 Å². The number of alkyl halides is 3. The quantitative estimate of drug-likeness (QED) is 0.249. The standard InChI is InChI=1S/C17H18F3IO7S/c18-17(19,20)14(9-29(24,25)26)28-16(23)11-6-7-12(21)13(8-11)27-15(22)10-4-2-1-3-5-10/h6-8,10,14H,1-5,9H2,(H,24,25,26). The first-order chi connectivity index (χ1) is 13.4. The summed E-state index contributed by atoms with van der Waals surface area (Å²) in [4.78, 5) is 24.4. The van der Waals surface area contributed by atoms with E-state index in [4.69, 9.17) is 9.29 Å². The molecule has 0 saturated heterocycles. The number of esters is 2. The van der Waals surface area contributed by atoms with E-state index in [2.05, 4.69) is 4.74 Å². The Morgan fingerprint density at radius 1 is 1.21 bits per heavy atom. The van der Waals surface area contributed by atoms with Crippen LogP contribution >= 0.6 is 22.6 Å². The van der Waals surface area contributed by atoms with Gasteiger partial charge in [0, 0.05) is 0 Å². The van der Waals surface area contributed by atoms with Gasteiger partial charge in [0.2, 0.25) is 6.10 Å². The molecule has 1 atom stereocenters. The smallest absolute Gasteiger partial charge is 0.426 e. The average Bonchev–Trinajstić information content (AvgIpc) is 2.61. The summed E-state index contributed by atoms with van der Waals surface area (Å²) in [5, 5.41) is 0. The van der Waals surface area contributed by atoms with E-state index in [1.807, 2.05) is 22.6 Å². The summed E-state index contributed by atoms with van der Waals surface area (Å²) in [7, 11) is -5.05. The Bertz CT molecular complexity index is 864. The Hall–Kier alpha value is -1.41. The van der Waals surface area contributed by atoms with Crippen molar-refractivity contribution in [1.82, 2.24) is 0 Å². The molecule has 1 saturated carbocycles. The first kappa shape index (κ1) is 23.9. The molecule has 1 aromatic rings. The van der Waals surface area contributed by atoms with Crippen molar-refractivity contribution in [2.45, 2.75) is 44.4 Å². The monoisotopic (exact) mass is 550 g/mol. The molecule has 1 aliphatic rings. The lowest BCUT2D eigenvalue weighted by Gasteiger charge is -2.21. The van der Waals surface area contributed by atoms with Crippen LogP contribution in [0.3, 0.4) is 0 Å². The number of hydrogen-bond acceptors (Lipinski definition) is 6. The van der Waals surface area contributed by atoms with Gasteiger partial charge in [0.1, 0.15) is 11.5 Å². The third-order valence-corrected chi connectivity index (χ3v) is 5.91. The van der Waals surface area contributed by atoms with E-state index in [-0.39, 0.29) is 17.2 Å². The van der Waals surface area contributed by atoms with Crippen LogP contribution in [-0.4, -0.2) is 42.9 Å². The molecule has 0 aromatic heterocycles. The van der Waals surface area contributed by atoms with Gasteiger partial charge in [-0.25, -0.2) is 4.79 Å². The van der Waals surface area contributed by atoms with Crippen molar-refractivity contribution in [3.63, 3.8) is 0 Å². The molecule has 0 radical (unpaired) electrons. The topological polar surface area (TPSA) is 107 Å². The summed E-state index contributed by atoms with van der Waals surface area (Å²) >= 11 is 1.84. The molecule has 0 amide bonds. The molecule has 12 heteroatoms. The molecule has 0 aliphatic heterocycles. The molecule has 1 fully saturated rings. The third-order valence-electron chi connectivity index (χ3n) is 4.29. The Balaban J connectivity index is 2.16. The lowest BCUT2D eigenvalue weighted by molar-refractivity contribution is -0.197. The highest BCUT2D eigenvalue weighted by atomic mass is 127. The van der Waals surface area contributed by atoms with Gasteiger partial charge in [-0.15, -0.1) is 0 Å². The van der Waals surface area contributed by atoms with Gasteiger partial charge in [-0.1, -0.05) is 19.3 Å². The van der Waals surface area contributed by atoms with Crippen LogP contribution in [0.4, 0.5) is 13.2 Å². The molecule has 0 spiro atoms. The van der Waals surface area contributed by atoms with Gasteiger partial charge in [-0.3, -0.25) is 9.35 Å².